The van der Waals surface area contributed by atoms with Gasteiger partial charge in [0.2, 0.25) is 0 Å². The van der Waals surface area contributed by atoms with Crippen LogP contribution in [0.2, 0.25) is 0 Å². The molecule has 0 spiro atoms. The predicted octanol–water partition coefficient (Wildman–Crippen LogP) is 13.4. The van der Waals surface area contributed by atoms with Crippen LogP contribution in [0.3, 0.4) is 0 Å². The van der Waals surface area contributed by atoms with Gasteiger partial charge in [-0.3, -0.25) is 0 Å². The van der Waals surface area contributed by atoms with Crippen molar-refractivity contribution in [1.82, 2.24) is 0 Å². The monoisotopic (exact) mass is 607 g/mol. The Kier molecular flexibility index (Phi) is 30.3. The number of ether oxygens (including phenoxy) is 1. The zero-order valence-electron chi connectivity index (χ0n) is 29.8. The summed E-state index contributed by atoms with van der Waals surface area (Å²) in [4.78, 5) is 11.9. The summed E-state index contributed by atoms with van der Waals surface area (Å²) in [6.07, 6.45) is 47.9. The molecule has 0 heterocycles. The van der Waals surface area contributed by atoms with Gasteiger partial charge in [-0.2, -0.15) is 0 Å². The van der Waals surface area contributed by atoms with Crippen molar-refractivity contribution in [2.75, 3.05) is 6.61 Å². The summed E-state index contributed by atoms with van der Waals surface area (Å²) in [7, 11) is 0. The average Bonchev–Trinajstić information content (AvgIpc) is 2.98. The molecular weight excluding hydrogens is 536 g/mol. The maximum absolute atomic E-state index is 11.9. The van der Waals surface area contributed by atoms with Gasteiger partial charge < -0.3 is 4.74 Å². The van der Waals surface area contributed by atoms with Crippen LogP contribution in [0.4, 0.5) is 0 Å². The largest absolute Gasteiger partial charge is 0.458 e. The van der Waals surface area contributed by atoms with E-state index in [1.165, 1.54) is 114 Å². The van der Waals surface area contributed by atoms with Crippen molar-refractivity contribution in [1.29, 1.82) is 0 Å². The van der Waals surface area contributed by atoms with E-state index in [0.717, 1.165) is 24.2 Å². The van der Waals surface area contributed by atoms with Gasteiger partial charge in [0.1, 0.15) is 6.61 Å². The molecule has 0 aromatic heterocycles. The van der Waals surface area contributed by atoms with Gasteiger partial charge in [-0.15, -0.1) is 0 Å². The summed E-state index contributed by atoms with van der Waals surface area (Å²) < 4.78 is 5.32. The third kappa shape index (κ3) is 32.6. The zero-order chi connectivity index (χ0) is 32.5. The number of rotatable bonds is 28. The molecule has 0 aromatic carbocycles. The molecule has 0 aliphatic rings. The molecule has 0 amide bonds. The minimum atomic E-state index is -0.306. The van der Waals surface area contributed by atoms with Crippen molar-refractivity contribution in [3.63, 3.8) is 0 Å². The third-order valence-electron chi connectivity index (χ3n) is 8.14. The third-order valence-corrected chi connectivity index (χ3v) is 8.14. The molecule has 0 fully saturated rings. The van der Waals surface area contributed by atoms with E-state index in [4.69, 9.17) is 4.74 Å². The quantitative estimate of drug-likeness (QED) is 0.0291. The highest BCUT2D eigenvalue weighted by atomic mass is 16.5. The summed E-state index contributed by atoms with van der Waals surface area (Å²) in [5.41, 5.74) is 1.31. The van der Waals surface area contributed by atoms with Crippen LogP contribution in [0.1, 0.15) is 151 Å². The molecule has 250 valence electrons. The van der Waals surface area contributed by atoms with E-state index in [9.17, 15) is 4.79 Å². The summed E-state index contributed by atoms with van der Waals surface area (Å²) in [5, 5.41) is 0. The van der Waals surface area contributed by atoms with E-state index in [-0.39, 0.29) is 5.97 Å². The Bertz CT molecular complexity index is 864. The van der Waals surface area contributed by atoms with Gasteiger partial charge in [-0.1, -0.05) is 190 Å². The van der Waals surface area contributed by atoms with Crippen LogP contribution in [0.25, 0.3) is 0 Å². The molecule has 0 saturated heterocycles. The summed E-state index contributed by atoms with van der Waals surface area (Å²) in [6.45, 7) is 14.2. The fourth-order valence-corrected chi connectivity index (χ4v) is 5.17. The number of carbonyl (C=O) groups excluding carboxylic acids is 1. The molecule has 0 rings (SSSR count). The van der Waals surface area contributed by atoms with E-state index < -0.39 is 0 Å². The fraction of sp³-hybridized carbons (Fsp3) is 0.643. The van der Waals surface area contributed by atoms with Crippen LogP contribution >= 0.6 is 0 Å². The first-order valence-electron chi connectivity index (χ1n) is 18.2. The van der Waals surface area contributed by atoms with Gasteiger partial charge in [0.15, 0.2) is 0 Å². The van der Waals surface area contributed by atoms with Crippen molar-refractivity contribution in [2.45, 2.75) is 151 Å². The number of hydrogen-bond acceptors (Lipinski definition) is 2. The molecule has 2 nitrogen and oxygen atoms in total. The molecule has 0 N–H and O–H groups in total. The molecule has 2 atom stereocenters. The molecule has 0 unspecified atom stereocenters. The summed E-state index contributed by atoms with van der Waals surface area (Å²) in [6, 6.07) is 0. The first kappa shape index (κ1) is 41.7. The minimum absolute atomic E-state index is 0.306. The fourth-order valence-electron chi connectivity index (χ4n) is 5.17. The van der Waals surface area contributed by atoms with Gasteiger partial charge in [0.25, 0.3) is 0 Å². The Hall–Kier alpha value is -2.35. The Morgan fingerprint density at radius 3 is 1.68 bits per heavy atom. The molecule has 0 aromatic rings. The molecule has 44 heavy (non-hydrogen) atoms. The van der Waals surface area contributed by atoms with Crippen molar-refractivity contribution in [3.8, 4) is 0 Å². The topological polar surface area (TPSA) is 26.3 Å². The lowest BCUT2D eigenvalue weighted by Gasteiger charge is -2.15. The summed E-state index contributed by atoms with van der Waals surface area (Å²) in [5.74, 6) is 2.19. The normalized spacial score (nSPS) is 14.6. The molecule has 2 heteroatoms. The van der Waals surface area contributed by atoms with Crippen molar-refractivity contribution >= 4 is 5.97 Å². The van der Waals surface area contributed by atoms with Gasteiger partial charge in [0.05, 0.1) is 0 Å². The molecule has 0 radical (unpaired) electrons. The average molecular weight is 607 g/mol. The number of hydrogen-bond donors (Lipinski definition) is 0. The standard InChI is InChI=1S/C42H70O2/c1-7-8-9-10-11-12-13-14-15-16-17-18-19-20-21-22-23-24-25-35-42(43)44-37-36-41(6)34-28-33-40(5)32-27-31-39(4)30-26-29-38(2)3/h15-25,35-36,38-40H,7-14,26-34,37H2,1-6H3/b16-15?,18-17?,20-19?,22-21?,24-23?,35-25?,41-36+/t39-,40-/m1/s1. The summed E-state index contributed by atoms with van der Waals surface area (Å²) >= 11 is 0. The lowest BCUT2D eigenvalue weighted by Crippen LogP contribution is -2.01. The van der Waals surface area contributed by atoms with Crippen LogP contribution < -0.4 is 0 Å². The minimum Gasteiger partial charge on any atom is -0.458 e. The van der Waals surface area contributed by atoms with Crippen molar-refractivity contribution in [3.05, 3.63) is 84.6 Å². The van der Waals surface area contributed by atoms with Crippen LogP contribution in [-0.2, 0) is 9.53 Å². The Balaban J connectivity index is 3.87. The number of esters is 1. The van der Waals surface area contributed by atoms with Crippen molar-refractivity contribution < 1.29 is 9.53 Å². The smallest absolute Gasteiger partial charge is 0.331 e. The highest BCUT2D eigenvalue weighted by molar-refractivity contribution is 5.82. The molecule has 0 aliphatic carbocycles. The first-order chi connectivity index (χ1) is 21.3. The van der Waals surface area contributed by atoms with Gasteiger partial charge in [-0.25, -0.2) is 4.79 Å². The van der Waals surface area contributed by atoms with E-state index >= 15 is 0 Å². The predicted molar refractivity (Wildman–Crippen MR) is 197 cm³/mol. The SMILES string of the molecule is CCCCCCCCCC=CC=CC=CC=CC=CC=CC(=O)OC/C=C(\C)CCC[C@H](C)CCC[C@H](C)CCCC(C)C. The van der Waals surface area contributed by atoms with E-state index in [0.29, 0.717) is 6.61 Å². The number of unbranched alkanes of at least 4 members (excludes halogenated alkanes) is 7. The number of carbonyl (C=O) groups is 1. The van der Waals surface area contributed by atoms with E-state index in [2.05, 4.69) is 59.8 Å². The van der Waals surface area contributed by atoms with Gasteiger partial charge >= 0.3 is 5.97 Å². The zero-order valence-corrected chi connectivity index (χ0v) is 29.8. The van der Waals surface area contributed by atoms with Crippen LogP contribution in [0, 0.1) is 17.8 Å². The van der Waals surface area contributed by atoms with Gasteiger partial charge in [0, 0.05) is 6.08 Å². The van der Waals surface area contributed by atoms with Crippen molar-refractivity contribution in [2.24, 2.45) is 17.8 Å². The highest BCUT2D eigenvalue weighted by Crippen LogP contribution is 2.22. The Morgan fingerprint density at radius 2 is 1.09 bits per heavy atom. The second-order valence-corrected chi connectivity index (χ2v) is 13.3. The van der Waals surface area contributed by atoms with Crippen LogP contribution in [0.5, 0.6) is 0 Å². The molecule has 0 bridgehead atoms. The lowest BCUT2D eigenvalue weighted by molar-refractivity contribution is -0.136. The van der Waals surface area contributed by atoms with Gasteiger partial charge in [-0.05, 0) is 56.4 Å². The second kappa shape index (κ2) is 32.1. The maximum Gasteiger partial charge on any atom is 0.331 e. The second-order valence-electron chi connectivity index (χ2n) is 13.3. The maximum atomic E-state index is 11.9. The lowest BCUT2D eigenvalue weighted by atomic mass is 9.91. The molecular formula is C42H70O2. The molecule has 0 aliphatic heterocycles. The van der Waals surface area contributed by atoms with Crippen LogP contribution in [0.15, 0.2) is 84.6 Å². The Morgan fingerprint density at radius 1 is 0.591 bits per heavy atom. The van der Waals surface area contributed by atoms with Crippen LogP contribution in [-0.4, -0.2) is 12.6 Å². The molecule has 0 saturated carbocycles. The van der Waals surface area contributed by atoms with E-state index in [1.807, 2.05) is 48.6 Å². The number of allylic oxidation sites excluding steroid dienone is 12. The Labute approximate surface area is 274 Å². The highest BCUT2D eigenvalue weighted by Gasteiger charge is 2.07. The van der Waals surface area contributed by atoms with E-state index in [1.54, 1.807) is 6.08 Å². The first-order valence-corrected chi connectivity index (χ1v) is 18.2.